The van der Waals surface area contributed by atoms with Crippen LogP contribution in [0.3, 0.4) is 0 Å². The molecule has 8 nitrogen and oxygen atoms in total. The van der Waals surface area contributed by atoms with Crippen molar-refractivity contribution in [3.63, 3.8) is 0 Å². The summed E-state index contributed by atoms with van der Waals surface area (Å²) in [6, 6.07) is 5.64. The number of rotatable bonds is 7. The van der Waals surface area contributed by atoms with Crippen LogP contribution in [0.2, 0.25) is 0 Å². The molecule has 1 N–H and O–H groups in total. The average molecular weight is 428 g/mol. The van der Waals surface area contributed by atoms with Gasteiger partial charge in [-0.3, -0.25) is 9.59 Å². The maximum absolute atomic E-state index is 12.1. The zero-order chi connectivity index (χ0) is 21.8. The number of anilines is 1. The third-order valence-electron chi connectivity index (χ3n) is 4.95. The molecule has 0 atom stereocenters. The van der Waals surface area contributed by atoms with Crippen molar-refractivity contribution in [2.24, 2.45) is 0 Å². The van der Waals surface area contributed by atoms with E-state index in [1.54, 1.807) is 4.52 Å². The van der Waals surface area contributed by atoms with Crippen LogP contribution in [0.4, 0.5) is 5.69 Å². The Morgan fingerprint density at radius 3 is 2.60 bits per heavy atom. The maximum Gasteiger partial charge on any atom is 0.306 e. The van der Waals surface area contributed by atoms with Gasteiger partial charge in [-0.2, -0.15) is 4.98 Å². The molecule has 1 amide bonds. The van der Waals surface area contributed by atoms with Crippen LogP contribution in [-0.2, 0) is 20.7 Å². The second kappa shape index (κ2) is 9.25. The van der Waals surface area contributed by atoms with Crippen molar-refractivity contribution in [2.45, 2.75) is 45.7 Å². The molecule has 3 rings (SSSR count). The normalized spacial score (nSPS) is 11.0. The lowest BCUT2D eigenvalue weighted by Gasteiger charge is -2.11. The Bertz CT molecular complexity index is 1110. The molecule has 2 aromatic heterocycles. The summed E-state index contributed by atoms with van der Waals surface area (Å²) in [5, 5.41) is 7.80. The van der Waals surface area contributed by atoms with Crippen LogP contribution in [-0.4, -0.2) is 44.3 Å². The molecule has 0 aliphatic rings. The highest BCUT2D eigenvalue weighted by Crippen LogP contribution is 2.18. The summed E-state index contributed by atoms with van der Waals surface area (Å²) < 4.78 is 6.82. The number of benzene rings is 1. The van der Waals surface area contributed by atoms with Crippen LogP contribution in [0.5, 0.6) is 0 Å². The van der Waals surface area contributed by atoms with E-state index in [0.717, 1.165) is 28.1 Å². The topological polar surface area (TPSA) is 98.5 Å². The van der Waals surface area contributed by atoms with E-state index in [0.29, 0.717) is 23.0 Å². The average Bonchev–Trinajstić information content (AvgIpc) is 3.12. The first-order valence-electron chi connectivity index (χ1n) is 9.58. The SMILES string of the molecule is CSc1nc2nc(C)c(CCC(=O)OCC(=O)Nc3ccc(C)c(C)c3)c(C)n2n1. The Morgan fingerprint density at radius 1 is 1.13 bits per heavy atom. The van der Waals surface area contributed by atoms with Gasteiger partial charge in [-0.15, -0.1) is 5.10 Å². The van der Waals surface area contributed by atoms with E-state index in [9.17, 15) is 9.59 Å². The Hall–Kier alpha value is -2.94. The number of aromatic nitrogens is 4. The third kappa shape index (κ3) is 4.96. The minimum Gasteiger partial charge on any atom is -0.456 e. The van der Waals surface area contributed by atoms with Crippen LogP contribution in [0.1, 0.15) is 34.5 Å². The largest absolute Gasteiger partial charge is 0.456 e. The lowest BCUT2D eigenvalue weighted by Crippen LogP contribution is -2.21. The molecule has 158 valence electrons. The molecule has 0 aliphatic heterocycles. The van der Waals surface area contributed by atoms with Gasteiger partial charge in [0.15, 0.2) is 6.61 Å². The number of carbonyl (C=O) groups is 2. The van der Waals surface area contributed by atoms with Crippen molar-refractivity contribution in [1.29, 1.82) is 0 Å². The summed E-state index contributed by atoms with van der Waals surface area (Å²) in [5.74, 6) is -0.259. The minimum atomic E-state index is -0.437. The number of nitrogens with one attached hydrogen (secondary N) is 1. The number of aryl methyl sites for hydroxylation is 4. The number of hydrogen-bond donors (Lipinski definition) is 1. The summed E-state index contributed by atoms with van der Waals surface area (Å²) in [4.78, 5) is 33.0. The molecular formula is C21H25N5O3S. The van der Waals surface area contributed by atoms with E-state index in [2.05, 4.69) is 20.4 Å². The van der Waals surface area contributed by atoms with Gasteiger partial charge in [0.2, 0.25) is 5.16 Å². The summed E-state index contributed by atoms with van der Waals surface area (Å²) in [5.41, 5.74) is 5.54. The van der Waals surface area contributed by atoms with Gasteiger partial charge in [0.05, 0.1) is 0 Å². The predicted octanol–water partition coefficient (Wildman–Crippen LogP) is 3.19. The zero-order valence-corrected chi connectivity index (χ0v) is 18.6. The van der Waals surface area contributed by atoms with Gasteiger partial charge >= 0.3 is 5.97 Å². The van der Waals surface area contributed by atoms with Gasteiger partial charge in [0.1, 0.15) is 0 Å². The predicted molar refractivity (Wildman–Crippen MR) is 116 cm³/mol. The second-order valence-corrected chi connectivity index (χ2v) is 7.85. The number of carbonyl (C=O) groups excluding carboxylic acids is 2. The summed E-state index contributed by atoms with van der Waals surface area (Å²) in [6.07, 6.45) is 2.51. The highest BCUT2D eigenvalue weighted by Gasteiger charge is 2.15. The number of ether oxygens (including phenoxy) is 1. The molecular weight excluding hydrogens is 402 g/mol. The number of esters is 1. The van der Waals surface area contributed by atoms with E-state index in [-0.39, 0.29) is 18.9 Å². The van der Waals surface area contributed by atoms with Crippen LogP contribution in [0.25, 0.3) is 5.78 Å². The third-order valence-corrected chi connectivity index (χ3v) is 5.48. The van der Waals surface area contributed by atoms with Crippen molar-refractivity contribution >= 4 is 35.1 Å². The Labute approximate surface area is 179 Å². The number of hydrogen-bond acceptors (Lipinski definition) is 7. The lowest BCUT2D eigenvalue weighted by atomic mass is 10.1. The standard InChI is InChI=1S/C21H25N5O3S/c1-12-6-7-16(10-13(12)2)23-18(27)11-29-19(28)9-8-17-14(3)22-20-24-21(30-5)25-26(20)15(17)4/h6-7,10H,8-9,11H2,1-5H3,(H,23,27). The van der Waals surface area contributed by atoms with Gasteiger partial charge in [-0.05, 0) is 69.2 Å². The fourth-order valence-electron chi connectivity index (χ4n) is 3.10. The number of amides is 1. The van der Waals surface area contributed by atoms with Crippen molar-refractivity contribution < 1.29 is 14.3 Å². The molecule has 0 radical (unpaired) electrons. The number of thioether (sulfide) groups is 1. The molecule has 0 aliphatic carbocycles. The van der Waals surface area contributed by atoms with Crippen molar-refractivity contribution in [1.82, 2.24) is 19.6 Å². The molecule has 3 aromatic rings. The summed E-state index contributed by atoms with van der Waals surface area (Å²) in [7, 11) is 0. The molecule has 0 unspecified atom stereocenters. The fourth-order valence-corrected chi connectivity index (χ4v) is 3.44. The molecule has 0 bridgehead atoms. The molecule has 0 fully saturated rings. The highest BCUT2D eigenvalue weighted by atomic mass is 32.2. The van der Waals surface area contributed by atoms with Crippen LogP contribution >= 0.6 is 11.8 Å². The Morgan fingerprint density at radius 2 is 1.90 bits per heavy atom. The first kappa shape index (κ1) is 21.8. The van der Waals surface area contributed by atoms with Crippen molar-refractivity contribution in [3.05, 3.63) is 46.3 Å². The first-order valence-corrected chi connectivity index (χ1v) is 10.8. The molecule has 0 saturated heterocycles. The monoisotopic (exact) mass is 427 g/mol. The quantitative estimate of drug-likeness (QED) is 0.457. The molecule has 0 spiro atoms. The summed E-state index contributed by atoms with van der Waals surface area (Å²) >= 11 is 1.45. The van der Waals surface area contributed by atoms with E-state index >= 15 is 0 Å². The van der Waals surface area contributed by atoms with E-state index < -0.39 is 5.97 Å². The van der Waals surface area contributed by atoms with E-state index in [4.69, 9.17) is 4.74 Å². The van der Waals surface area contributed by atoms with Gasteiger partial charge < -0.3 is 10.1 Å². The highest BCUT2D eigenvalue weighted by molar-refractivity contribution is 7.98. The van der Waals surface area contributed by atoms with Gasteiger partial charge in [0, 0.05) is 23.5 Å². The lowest BCUT2D eigenvalue weighted by molar-refractivity contribution is -0.147. The van der Waals surface area contributed by atoms with Crippen molar-refractivity contribution in [2.75, 3.05) is 18.2 Å². The molecule has 1 aromatic carbocycles. The molecule has 9 heteroatoms. The smallest absolute Gasteiger partial charge is 0.306 e. The molecule has 30 heavy (non-hydrogen) atoms. The number of nitrogens with zero attached hydrogens (tertiary/aromatic N) is 4. The van der Waals surface area contributed by atoms with E-state index in [1.165, 1.54) is 11.8 Å². The minimum absolute atomic E-state index is 0.149. The first-order chi connectivity index (χ1) is 14.3. The maximum atomic E-state index is 12.1. The summed E-state index contributed by atoms with van der Waals surface area (Å²) in [6.45, 7) is 7.48. The molecule has 0 saturated carbocycles. The van der Waals surface area contributed by atoms with Gasteiger partial charge in [-0.25, -0.2) is 9.50 Å². The van der Waals surface area contributed by atoms with Crippen LogP contribution in [0.15, 0.2) is 23.4 Å². The number of fused-ring (bicyclic) bond motifs is 1. The Kier molecular flexibility index (Phi) is 6.71. The zero-order valence-electron chi connectivity index (χ0n) is 17.8. The van der Waals surface area contributed by atoms with Crippen LogP contribution in [0, 0.1) is 27.7 Å². The van der Waals surface area contributed by atoms with Gasteiger partial charge in [0.25, 0.3) is 11.7 Å². The second-order valence-electron chi connectivity index (χ2n) is 7.08. The van der Waals surface area contributed by atoms with Crippen LogP contribution < -0.4 is 5.32 Å². The Balaban J connectivity index is 1.55. The van der Waals surface area contributed by atoms with Gasteiger partial charge in [-0.1, -0.05) is 17.8 Å². The van der Waals surface area contributed by atoms with E-state index in [1.807, 2.05) is 52.1 Å². The molecule has 2 heterocycles. The fraction of sp³-hybridized carbons (Fsp3) is 0.381. The van der Waals surface area contributed by atoms with Crippen molar-refractivity contribution in [3.8, 4) is 0 Å².